The van der Waals surface area contributed by atoms with Crippen LogP contribution >= 0.6 is 0 Å². The van der Waals surface area contributed by atoms with Crippen molar-refractivity contribution in [1.82, 2.24) is 0 Å². The SMILES string of the molecule is O=C1/C(=C2/C(=O)N([C@@H]3O[C@H](CO)[C@@H](O)[C@H](O)[C@@H]3O)c3ccccc32)[Se]c2ccccc21. The van der Waals surface area contributed by atoms with E-state index >= 15 is 0 Å². The van der Waals surface area contributed by atoms with Crippen LogP contribution in [0.5, 0.6) is 0 Å². The Hall–Kier alpha value is -2.36. The minimum atomic E-state index is -1.62. The number of rotatable bonds is 2. The average molecular weight is 488 g/mol. The molecule has 9 heteroatoms. The van der Waals surface area contributed by atoms with Crippen LogP contribution in [0.15, 0.2) is 53.0 Å². The molecule has 1 saturated heterocycles. The third-order valence-electron chi connectivity index (χ3n) is 5.76. The van der Waals surface area contributed by atoms with Crippen molar-refractivity contribution in [2.24, 2.45) is 0 Å². The first kappa shape index (κ1) is 20.5. The fourth-order valence-electron chi connectivity index (χ4n) is 4.19. The molecule has 4 N–H and O–H groups in total. The van der Waals surface area contributed by atoms with Crippen LogP contribution in [0.25, 0.3) is 5.57 Å². The van der Waals surface area contributed by atoms with Gasteiger partial charge in [0.1, 0.15) is 0 Å². The number of aliphatic hydroxyl groups is 4. The number of hydrogen-bond donors (Lipinski definition) is 4. The summed E-state index contributed by atoms with van der Waals surface area (Å²) < 4.78 is 6.96. The maximum absolute atomic E-state index is 13.6. The van der Waals surface area contributed by atoms with E-state index in [0.717, 1.165) is 4.46 Å². The molecule has 1 fully saturated rings. The van der Waals surface area contributed by atoms with Crippen LogP contribution in [0.4, 0.5) is 5.69 Å². The van der Waals surface area contributed by atoms with Crippen molar-refractivity contribution in [2.45, 2.75) is 30.6 Å². The van der Waals surface area contributed by atoms with Crippen LogP contribution < -0.4 is 9.36 Å². The summed E-state index contributed by atoms with van der Waals surface area (Å²) in [5.41, 5.74) is 1.82. The molecule has 5 rings (SSSR count). The Labute approximate surface area is 183 Å². The minimum absolute atomic E-state index is 0.190. The van der Waals surface area contributed by atoms with Crippen molar-refractivity contribution >= 4 is 42.4 Å². The number of aliphatic hydroxyl groups excluding tert-OH is 4. The Morgan fingerprint density at radius 2 is 1.58 bits per heavy atom. The predicted molar refractivity (Wildman–Crippen MR) is 111 cm³/mol. The molecule has 0 aliphatic carbocycles. The third-order valence-corrected chi connectivity index (χ3v) is 8.22. The molecule has 8 nitrogen and oxygen atoms in total. The summed E-state index contributed by atoms with van der Waals surface area (Å²) >= 11 is -0.364. The van der Waals surface area contributed by atoms with E-state index in [2.05, 4.69) is 0 Å². The molecule has 3 heterocycles. The summed E-state index contributed by atoms with van der Waals surface area (Å²) in [5, 5.41) is 40.4. The molecule has 0 radical (unpaired) electrons. The average Bonchev–Trinajstić information content (AvgIpc) is 3.26. The van der Waals surface area contributed by atoms with Gasteiger partial charge in [0.05, 0.1) is 0 Å². The van der Waals surface area contributed by atoms with Crippen LogP contribution in [0.3, 0.4) is 0 Å². The van der Waals surface area contributed by atoms with Crippen molar-refractivity contribution in [3.63, 3.8) is 0 Å². The van der Waals surface area contributed by atoms with Crippen LogP contribution in [-0.2, 0) is 9.53 Å². The Balaban J connectivity index is 1.62. The zero-order valence-electron chi connectivity index (χ0n) is 16.1. The van der Waals surface area contributed by atoms with E-state index in [-0.39, 0.29) is 26.3 Å². The molecule has 3 aliphatic heterocycles. The van der Waals surface area contributed by atoms with Crippen molar-refractivity contribution in [3.05, 3.63) is 64.1 Å². The summed E-state index contributed by atoms with van der Waals surface area (Å²) in [6.07, 6.45) is -7.25. The molecule has 2 aromatic rings. The van der Waals surface area contributed by atoms with E-state index in [9.17, 15) is 30.0 Å². The van der Waals surface area contributed by atoms with Gasteiger partial charge in [-0.05, 0) is 0 Å². The number of anilines is 1. The molecule has 0 aromatic heterocycles. The molecule has 0 unspecified atom stereocenters. The molecular formula is C22H19NO7Se. The van der Waals surface area contributed by atoms with E-state index in [4.69, 9.17) is 4.74 Å². The first-order chi connectivity index (χ1) is 14.9. The predicted octanol–water partition coefficient (Wildman–Crippen LogP) is -1.23. The van der Waals surface area contributed by atoms with Crippen LogP contribution in [0.1, 0.15) is 15.9 Å². The van der Waals surface area contributed by atoms with E-state index in [1.54, 1.807) is 36.4 Å². The maximum atomic E-state index is 13.6. The normalized spacial score (nSPS) is 32.4. The van der Waals surface area contributed by atoms with Gasteiger partial charge in [0.15, 0.2) is 0 Å². The van der Waals surface area contributed by atoms with Gasteiger partial charge in [-0.1, -0.05) is 0 Å². The number of amides is 1. The number of allylic oxidation sites excluding steroid dienone is 1. The van der Waals surface area contributed by atoms with Gasteiger partial charge < -0.3 is 0 Å². The van der Waals surface area contributed by atoms with Crippen molar-refractivity contribution in [3.8, 4) is 0 Å². The van der Waals surface area contributed by atoms with Gasteiger partial charge >= 0.3 is 183 Å². The quantitative estimate of drug-likeness (QED) is 0.308. The summed E-state index contributed by atoms with van der Waals surface area (Å²) in [6, 6.07) is 14.1. The zero-order chi connectivity index (χ0) is 21.9. The zero-order valence-corrected chi connectivity index (χ0v) is 17.8. The Bertz CT molecular complexity index is 1110. The van der Waals surface area contributed by atoms with Gasteiger partial charge in [-0.25, -0.2) is 0 Å². The molecule has 0 saturated carbocycles. The molecule has 0 spiro atoms. The van der Waals surface area contributed by atoms with E-state index < -0.39 is 43.2 Å². The summed E-state index contributed by atoms with van der Waals surface area (Å²) in [6.45, 7) is -0.601. The number of carbonyl (C=O) groups is 2. The van der Waals surface area contributed by atoms with Crippen molar-refractivity contribution in [1.29, 1.82) is 0 Å². The molecular weight excluding hydrogens is 469 g/mol. The second-order valence-corrected chi connectivity index (χ2v) is 9.75. The summed E-state index contributed by atoms with van der Waals surface area (Å²) in [7, 11) is 0. The van der Waals surface area contributed by atoms with Gasteiger partial charge in [0.2, 0.25) is 0 Å². The number of nitrogens with zero attached hydrogens (tertiary/aromatic N) is 1. The Morgan fingerprint density at radius 3 is 2.29 bits per heavy atom. The molecule has 31 heavy (non-hydrogen) atoms. The first-order valence-electron chi connectivity index (χ1n) is 9.73. The van der Waals surface area contributed by atoms with Gasteiger partial charge in [-0.2, -0.15) is 0 Å². The summed E-state index contributed by atoms with van der Waals surface area (Å²) in [5.74, 6) is -0.715. The molecule has 5 atom stereocenters. The van der Waals surface area contributed by atoms with Crippen LogP contribution in [0, 0.1) is 0 Å². The summed E-state index contributed by atoms with van der Waals surface area (Å²) in [4.78, 5) is 27.9. The number of Topliss-reactive ketones (excluding diaryl/α,β-unsaturated/α-hetero) is 1. The number of fused-ring (bicyclic) bond motifs is 2. The van der Waals surface area contributed by atoms with Crippen LogP contribution in [-0.4, -0.2) is 84.3 Å². The number of para-hydroxylation sites is 1. The molecule has 160 valence electrons. The Morgan fingerprint density at radius 1 is 0.903 bits per heavy atom. The number of carbonyl (C=O) groups excluding carboxylic acids is 2. The van der Waals surface area contributed by atoms with Gasteiger partial charge in [0.25, 0.3) is 0 Å². The van der Waals surface area contributed by atoms with E-state index in [0.29, 0.717) is 21.3 Å². The molecule has 3 aliphatic rings. The monoisotopic (exact) mass is 489 g/mol. The topological polar surface area (TPSA) is 128 Å². The number of benzene rings is 2. The van der Waals surface area contributed by atoms with E-state index in [1.807, 2.05) is 12.1 Å². The first-order valence-corrected chi connectivity index (χ1v) is 11.4. The second kappa shape index (κ2) is 7.65. The number of ether oxygens (including phenoxy) is 1. The number of hydrogen-bond acceptors (Lipinski definition) is 7. The molecule has 2 aromatic carbocycles. The van der Waals surface area contributed by atoms with Gasteiger partial charge in [0, 0.05) is 0 Å². The second-order valence-electron chi connectivity index (χ2n) is 7.54. The third kappa shape index (κ3) is 3.01. The standard InChI is InChI=1S/C22H19NO7Se/c24-9-13-17(26)18(27)19(28)22(30-13)23-12-7-3-1-5-10(12)15(21(23)29)20-16(25)11-6-2-4-8-14(11)31-20/h1-8,13,17-19,22,24,26-28H,9H2/b20-15-/t13-,17-,18+,19+,22-/m1/s1. The Kier molecular flexibility index (Phi) is 5.07. The van der Waals surface area contributed by atoms with Crippen LogP contribution in [0.2, 0.25) is 0 Å². The van der Waals surface area contributed by atoms with E-state index in [1.165, 1.54) is 4.90 Å². The number of ketones is 1. The van der Waals surface area contributed by atoms with Crippen molar-refractivity contribution in [2.75, 3.05) is 11.5 Å². The molecule has 1 amide bonds. The fraction of sp³-hybridized carbons (Fsp3) is 0.273. The molecule has 0 bridgehead atoms. The van der Waals surface area contributed by atoms with Gasteiger partial charge in [-0.3, -0.25) is 0 Å². The fourth-order valence-corrected chi connectivity index (χ4v) is 6.58. The van der Waals surface area contributed by atoms with Gasteiger partial charge in [-0.15, -0.1) is 0 Å². The van der Waals surface area contributed by atoms with Crippen molar-refractivity contribution < 1.29 is 34.8 Å².